The Morgan fingerprint density at radius 2 is 2.14 bits per heavy atom. The van der Waals surface area contributed by atoms with Crippen LogP contribution in [0.5, 0.6) is 0 Å². The maximum absolute atomic E-state index is 3.65. The molecule has 1 aromatic carbocycles. The van der Waals surface area contributed by atoms with Gasteiger partial charge in [0.15, 0.2) is 0 Å². The van der Waals surface area contributed by atoms with E-state index in [9.17, 15) is 0 Å². The SMILES string of the molecule is Cn1c2c(c3c(Br)cccc31)CCC2. The Morgan fingerprint density at radius 1 is 1.29 bits per heavy atom. The van der Waals surface area contributed by atoms with Crippen LogP contribution < -0.4 is 0 Å². The minimum atomic E-state index is 1.24. The summed E-state index contributed by atoms with van der Waals surface area (Å²) in [6.07, 6.45) is 3.80. The lowest BCUT2D eigenvalue weighted by Crippen LogP contribution is -1.92. The minimum absolute atomic E-state index is 1.24. The summed E-state index contributed by atoms with van der Waals surface area (Å²) in [6.45, 7) is 0. The van der Waals surface area contributed by atoms with Gasteiger partial charge in [0.25, 0.3) is 0 Å². The molecule has 0 radical (unpaired) electrons. The van der Waals surface area contributed by atoms with Crippen LogP contribution in [0.4, 0.5) is 0 Å². The van der Waals surface area contributed by atoms with Crippen molar-refractivity contribution in [1.29, 1.82) is 0 Å². The Hall–Kier alpha value is -0.760. The van der Waals surface area contributed by atoms with Gasteiger partial charge >= 0.3 is 0 Å². The molecule has 1 aromatic heterocycles. The number of nitrogens with zero attached hydrogens (tertiary/aromatic N) is 1. The predicted molar refractivity (Wildman–Crippen MR) is 62.6 cm³/mol. The highest BCUT2D eigenvalue weighted by atomic mass is 79.9. The summed E-state index contributed by atoms with van der Waals surface area (Å²) in [7, 11) is 2.18. The van der Waals surface area contributed by atoms with E-state index in [0.717, 1.165) is 0 Å². The van der Waals surface area contributed by atoms with Gasteiger partial charge in [-0.05, 0) is 37.0 Å². The first-order valence-electron chi connectivity index (χ1n) is 5.03. The summed E-state index contributed by atoms with van der Waals surface area (Å²) in [4.78, 5) is 0. The fourth-order valence-corrected chi connectivity index (χ4v) is 3.20. The van der Waals surface area contributed by atoms with E-state index >= 15 is 0 Å². The van der Waals surface area contributed by atoms with Crippen molar-refractivity contribution in [3.63, 3.8) is 0 Å². The fourth-order valence-electron chi connectivity index (χ4n) is 2.60. The van der Waals surface area contributed by atoms with Gasteiger partial charge in [-0.2, -0.15) is 0 Å². The molecule has 2 aromatic rings. The van der Waals surface area contributed by atoms with E-state index in [-0.39, 0.29) is 0 Å². The zero-order valence-corrected chi connectivity index (χ0v) is 9.76. The molecule has 0 saturated heterocycles. The number of hydrogen-bond donors (Lipinski definition) is 0. The first-order chi connectivity index (χ1) is 6.79. The van der Waals surface area contributed by atoms with E-state index in [4.69, 9.17) is 0 Å². The van der Waals surface area contributed by atoms with Crippen molar-refractivity contribution in [1.82, 2.24) is 4.57 Å². The molecule has 2 heteroatoms. The van der Waals surface area contributed by atoms with Crippen molar-refractivity contribution in [2.75, 3.05) is 0 Å². The molecule has 1 nitrogen and oxygen atoms in total. The van der Waals surface area contributed by atoms with Crippen molar-refractivity contribution in [3.8, 4) is 0 Å². The van der Waals surface area contributed by atoms with Gasteiger partial charge in [0, 0.05) is 28.1 Å². The number of rotatable bonds is 0. The zero-order valence-electron chi connectivity index (χ0n) is 8.18. The Balaban J connectivity index is 2.52. The van der Waals surface area contributed by atoms with Crippen LogP contribution in [0, 0.1) is 0 Å². The molecule has 72 valence electrons. The first kappa shape index (κ1) is 8.54. The van der Waals surface area contributed by atoms with Crippen LogP contribution in [0.25, 0.3) is 10.9 Å². The molecule has 0 saturated carbocycles. The summed E-state index contributed by atoms with van der Waals surface area (Å²) in [5.74, 6) is 0. The van der Waals surface area contributed by atoms with Crippen LogP contribution in [0.15, 0.2) is 22.7 Å². The average molecular weight is 250 g/mol. The van der Waals surface area contributed by atoms with Crippen molar-refractivity contribution in [2.45, 2.75) is 19.3 Å². The number of fused-ring (bicyclic) bond motifs is 3. The van der Waals surface area contributed by atoms with Gasteiger partial charge in [-0.25, -0.2) is 0 Å². The first-order valence-corrected chi connectivity index (χ1v) is 5.83. The van der Waals surface area contributed by atoms with Gasteiger partial charge in [-0.3, -0.25) is 0 Å². The lowest BCUT2D eigenvalue weighted by molar-refractivity contribution is 0.831. The number of aryl methyl sites for hydroxylation is 2. The lowest BCUT2D eigenvalue weighted by atomic mass is 10.1. The van der Waals surface area contributed by atoms with Crippen LogP contribution in [0.2, 0.25) is 0 Å². The largest absolute Gasteiger partial charge is 0.347 e. The van der Waals surface area contributed by atoms with E-state index in [0.29, 0.717) is 0 Å². The zero-order chi connectivity index (χ0) is 9.71. The molecule has 0 atom stereocenters. The van der Waals surface area contributed by atoms with Gasteiger partial charge < -0.3 is 4.57 Å². The maximum atomic E-state index is 3.65. The normalized spacial score (nSPS) is 15.0. The third-order valence-electron chi connectivity index (χ3n) is 3.25. The molecule has 14 heavy (non-hydrogen) atoms. The number of aromatic nitrogens is 1. The molecule has 0 bridgehead atoms. The molecule has 1 aliphatic carbocycles. The molecule has 1 aliphatic rings. The van der Waals surface area contributed by atoms with Crippen molar-refractivity contribution in [2.24, 2.45) is 7.05 Å². The Bertz CT molecular complexity index is 511. The Kier molecular flexibility index (Phi) is 1.75. The fraction of sp³-hybridized carbons (Fsp3) is 0.333. The summed E-state index contributed by atoms with van der Waals surface area (Å²) in [5, 5.41) is 1.43. The van der Waals surface area contributed by atoms with Gasteiger partial charge in [0.1, 0.15) is 0 Å². The molecule has 0 fully saturated rings. The monoisotopic (exact) mass is 249 g/mol. The smallest absolute Gasteiger partial charge is 0.0494 e. The third-order valence-corrected chi connectivity index (χ3v) is 3.91. The second-order valence-corrected chi connectivity index (χ2v) is 4.83. The summed E-state index contributed by atoms with van der Waals surface area (Å²) in [5.41, 5.74) is 4.46. The molecular weight excluding hydrogens is 238 g/mol. The molecule has 0 amide bonds. The van der Waals surface area contributed by atoms with E-state index < -0.39 is 0 Å². The average Bonchev–Trinajstić information content (AvgIpc) is 2.72. The molecule has 0 spiro atoms. The number of hydrogen-bond acceptors (Lipinski definition) is 0. The molecular formula is C12H12BrN. The summed E-state index contributed by atoms with van der Waals surface area (Å²) < 4.78 is 3.59. The minimum Gasteiger partial charge on any atom is -0.347 e. The molecule has 0 N–H and O–H groups in total. The number of halogens is 1. The standard InChI is InChI=1S/C12H12BrN/c1-14-10-6-2-4-8(10)12-9(13)5-3-7-11(12)14/h3,5,7H,2,4,6H2,1H3. The quantitative estimate of drug-likeness (QED) is 0.675. The summed E-state index contributed by atoms with van der Waals surface area (Å²) in [6, 6.07) is 6.46. The number of benzene rings is 1. The van der Waals surface area contributed by atoms with E-state index in [1.807, 2.05) is 0 Å². The van der Waals surface area contributed by atoms with Gasteiger partial charge in [0.2, 0.25) is 0 Å². The van der Waals surface area contributed by atoms with E-state index in [2.05, 4.69) is 45.7 Å². The van der Waals surface area contributed by atoms with E-state index in [1.165, 1.54) is 40.3 Å². The highest BCUT2D eigenvalue weighted by Gasteiger charge is 2.20. The van der Waals surface area contributed by atoms with Crippen LogP contribution in [0.1, 0.15) is 17.7 Å². The highest BCUT2D eigenvalue weighted by Crippen LogP contribution is 2.36. The topological polar surface area (TPSA) is 4.93 Å². The van der Waals surface area contributed by atoms with Crippen molar-refractivity contribution < 1.29 is 0 Å². The van der Waals surface area contributed by atoms with Crippen LogP contribution in [-0.4, -0.2) is 4.57 Å². The van der Waals surface area contributed by atoms with Gasteiger partial charge in [0.05, 0.1) is 0 Å². The highest BCUT2D eigenvalue weighted by molar-refractivity contribution is 9.10. The van der Waals surface area contributed by atoms with Crippen molar-refractivity contribution >= 4 is 26.8 Å². The second-order valence-electron chi connectivity index (χ2n) is 3.97. The van der Waals surface area contributed by atoms with Crippen molar-refractivity contribution in [3.05, 3.63) is 33.9 Å². The molecule has 0 unspecified atom stereocenters. The second kappa shape index (κ2) is 2.86. The predicted octanol–water partition coefficient (Wildman–Crippen LogP) is 3.43. The van der Waals surface area contributed by atoms with Crippen LogP contribution in [-0.2, 0) is 19.9 Å². The Morgan fingerprint density at radius 3 is 3.00 bits per heavy atom. The third kappa shape index (κ3) is 0.949. The molecule has 3 rings (SSSR count). The lowest BCUT2D eigenvalue weighted by Gasteiger charge is -2.00. The van der Waals surface area contributed by atoms with E-state index in [1.54, 1.807) is 5.56 Å². The summed E-state index contributed by atoms with van der Waals surface area (Å²) >= 11 is 3.65. The van der Waals surface area contributed by atoms with Gasteiger partial charge in [-0.1, -0.05) is 22.0 Å². The van der Waals surface area contributed by atoms with Crippen LogP contribution in [0.3, 0.4) is 0 Å². The molecule has 1 heterocycles. The van der Waals surface area contributed by atoms with Gasteiger partial charge in [-0.15, -0.1) is 0 Å². The Labute approximate surface area is 91.9 Å². The van der Waals surface area contributed by atoms with Crippen LogP contribution >= 0.6 is 15.9 Å². The maximum Gasteiger partial charge on any atom is 0.0494 e. The molecule has 0 aliphatic heterocycles.